The number of carbonyl (C=O) groups excluding carboxylic acids is 1. The quantitative estimate of drug-likeness (QED) is 0.794. The van der Waals surface area contributed by atoms with Gasteiger partial charge in [0, 0.05) is 23.3 Å². The number of aromatic nitrogens is 1. The Hall–Kier alpha value is -1.92. The van der Waals surface area contributed by atoms with Gasteiger partial charge in [-0.25, -0.2) is 4.98 Å². The molecular formula is C18H20BrN3O2. The van der Waals surface area contributed by atoms with Crippen LogP contribution < -0.4 is 15.4 Å². The third-order valence-corrected chi connectivity index (χ3v) is 4.56. The van der Waals surface area contributed by atoms with Crippen molar-refractivity contribution >= 4 is 21.8 Å². The lowest BCUT2D eigenvalue weighted by Gasteiger charge is -2.09. The summed E-state index contributed by atoms with van der Waals surface area (Å²) in [4.78, 5) is 16.3. The zero-order valence-electron chi connectivity index (χ0n) is 13.3. The van der Waals surface area contributed by atoms with Gasteiger partial charge < -0.3 is 15.4 Å². The number of amides is 1. The number of nitrogens with one attached hydrogen (secondary N) is 2. The molecule has 1 saturated heterocycles. The van der Waals surface area contributed by atoms with Crippen LogP contribution in [-0.4, -0.2) is 30.5 Å². The number of carbonyl (C=O) groups is 1. The zero-order chi connectivity index (χ0) is 16.8. The Morgan fingerprint density at radius 2 is 2.12 bits per heavy atom. The highest BCUT2D eigenvalue weighted by molar-refractivity contribution is 9.10. The fourth-order valence-corrected chi connectivity index (χ4v) is 2.92. The average molecular weight is 390 g/mol. The fraction of sp³-hybridized carbons (Fsp3) is 0.333. The molecule has 6 heteroatoms. The lowest BCUT2D eigenvalue weighted by Crippen LogP contribution is -2.26. The highest BCUT2D eigenvalue weighted by atomic mass is 79.9. The molecule has 1 atom stereocenters. The molecule has 24 heavy (non-hydrogen) atoms. The van der Waals surface area contributed by atoms with Crippen LogP contribution in [0.5, 0.6) is 11.6 Å². The number of hydrogen-bond donors (Lipinski definition) is 2. The maximum atomic E-state index is 12.1. The van der Waals surface area contributed by atoms with E-state index >= 15 is 0 Å². The van der Waals surface area contributed by atoms with Crippen LogP contribution in [-0.2, 0) is 0 Å². The average Bonchev–Trinajstić information content (AvgIpc) is 3.11. The van der Waals surface area contributed by atoms with Crippen LogP contribution in [0.15, 0.2) is 47.1 Å². The second-order valence-electron chi connectivity index (χ2n) is 5.84. The molecule has 1 fully saturated rings. The Morgan fingerprint density at radius 1 is 1.29 bits per heavy atom. The maximum Gasteiger partial charge on any atom is 0.252 e. The summed E-state index contributed by atoms with van der Waals surface area (Å²) in [5, 5.41) is 6.28. The minimum absolute atomic E-state index is 0.0938. The standard InChI is InChI=1S/C18H20BrN3O2/c19-15-2-4-16(5-3-15)24-17-6-1-14(12-22-17)18(23)21-10-8-13-7-9-20-11-13/h1-6,12-13,20H,7-11H2,(H,21,23). The number of ether oxygens (including phenoxy) is 1. The normalized spacial score (nSPS) is 16.8. The minimum Gasteiger partial charge on any atom is -0.439 e. The summed E-state index contributed by atoms with van der Waals surface area (Å²) in [6.07, 6.45) is 3.75. The second kappa shape index (κ2) is 8.26. The van der Waals surface area contributed by atoms with Gasteiger partial charge in [0.2, 0.25) is 5.88 Å². The number of rotatable bonds is 6. The molecule has 0 radical (unpaired) electrons. The molecule has 0 saturated carbocycles. The van der Waals surface area contributed by atoms with Gasteiger partial charge in [0.1, 0.15) is 5.75 Å². The third-order valence-electron chi connectivity index (χ3n) is 4.04. The van der Waals surface area contributed by atoms with Crippen molar-refractivity contribution in [2.24, 2.45) is 5.92 Å². The van der Waals surface area contributed by atoms with Crippen molar-refractivity contribution in [3.8, 4) is 11.6 Å². The molecule has 126 valence electrons. The Morgan fingerprint density at radius 3 is 2.79 bits per heavy atom. The molecule has 3 rings (SSSR count). The Labute approximate surface area is 149 Å². The maximum absolute atomic E-state index is 12.1. The molecule has 2 N–H and O–H groups in total. The predicted octanol–water partition coefficient (Wildman–Crippen LogP) is 3.37. The summed E-state index contributed by atoms with van der Waals surface area (Å²) in [5.41, 5.74) is 0.544. The third kappa shape index (κ3) is 4.79. The van der Waals surface area contributed by atoms with E-state index in [4.69, 9.17) is 4.74 Å². The number of pyridine rings is 1. The number of hydrogen-bond acceptors (Lipinski definition) is 4. The molecule has 1 aromatic heterocycles. The monoisotopic (exact) mass is 389 g/mol. The van der Waals surface area contributed by atoms with Gasteiger partial charge in [-0.1, -0.05) is 15.9 Å². The van der Waals surface area contributed by atoms with Crippen LogP contribution in [0.1, 0.15) is 23.2 Å². The predicted molar refractivity (Wildman–Crippen MR) is 96.4 cm³/mol. The zero-order valence-corrected chi connectivity index (χ0v) is 14.9. The van der Waals surface area contributed by atoms with E-state index < -0.39 is 0 Å². The van der Waals surface area contributed by atoms with Gasteiger partial charge in [0.05, 0.1) is 5.56 Å². The minimum atomic E-state index is -0.0938. The molecule has 0 spiro atoms. The first-order chi connectivity index (χ1) is 11.7. The molecule has 2 heterocycles. The van der Waals surface area contributed by atoms with E-state index in [0.29, 0.717) is 29.7 Å². The van der Waals surface area contributed by atoms with Gasteiger partial charge in [-0.3, -0.25) is 4.79 Å². The molecule has 2 aromatic rings. The van der Waals surface area contributed by atoms with E-state index in [2.05, 4.69) is 31.5 Å². The lowest BCUT2D eigenvalue weighted by molar-refractivity contribution is 0.0951. The van der Waals surface area contributed by atoms with Gasteiger partial charge in [0.15, 0.2) is 0 Å². The van der Waals surface area contributed by atoms with Gasteiger partial charge in [-0.2, -0.15) is 0 Å². The molecule has 1 aromatic carbocycles. The Bertz CT molecular complexity index is 668. The first kappa shape index (κ1) is 16.9. The highest BCUT2D eigenvalue weighted by Gasteiger charge is 2.14. The first-order valence-corrected chi connectivity index (χ1v) is 8.88. The largest absolute Gasteiger partial charge is 0.439 e. The Kier molecular flexibility index (Phi) is 5.82. The van der Waals surface area contributed by atoms with Crippen molar-refractivity contribution in [2.45, 2.75) is 12.8 Å². The van der Waals surface area contributed by atoms with Crippen molar-refractivity contribution in [2.75, 3.05) is 19.6 Å². The molecule has 1 aliphatic rings. The SMILES string of the molecule is O=C(NCCC1CCNC1)c1ccc(Oc2ccc(Br)cc2)nc1. The summed E-state index contributed by atoms with van der Waals surface area (Å²) in [7, 11) is 0. The van der Waals surface area contributed by atoms with E-state index in [-0.39, 0.29) is 5.91 Å². The molecule has 0 aliphatic carbocycles. The van der Waals surface area contributed by atoms with Crippen molar-refractivity contribution < 1.29 is 9.53 Å². The van der Waals surface area contributed by atoms with Crippen molar-refractivity contribution in [3.63, 3.8) is 0 Å². The lowest BCUT2D eigenvalue weighted by atomic mass is 10.1. The fourth-order valence-electron chi connectivity index (χ4n) is 2.65. The molecule has 1 aliphatic heterocycles. The summed E-state index contributed by atoms with van der Waals surface area (Å²) < 4.78 is 6.64. The molecule has 1 amide bonds. The van der Waals surface area contributed by atoms with E-state index in [1.165, 1.54) is 6.42 Å². The van der Waals surface area contributed by atoms with Crippen molar-refractivity contribution in [3.05, 3.63) is 52.6 Å². The van der Waals surface area contributed by atoms with Crippen LogP contribution in [0.2, 0.25) is 0 Å². The smallest absolute Gasteiger partial charge is 0.252 e. The van der Waals surface area contributed by atoms with Crippen LogP contribution in [0.25, 0.3) is 0 Å². The van der Waals surface area contributed by atoms with E-state index in [1.807, 2.05) is 24.3 Å². The second-order valence-corrected chi connectivity index (χ2v) is 6.76. The number of benzene rings is 1. The van der Waals surface area contributed by atoms with Crippen LogP contribution in [0, 0.1) is 5.92 Å². The van der Waals surface area contributed by atoms with Gasteiger partial charge in [-0.15, -0.1) is 0 Å². The van der Waals surface area contributed by atoms with Gasteiger partial charge >= 0.3 is 0 Å². The van der Waals surface area contributed by atoms with E-state index in [0.717, 1.165) is 24.0 Å². The topological polar surface area (TPSA) is 63.2 Å². The van der Waals surface area contributed by atoms with Crippen LogP contribution >= 0.6 is 15.9 Å². The number of nitrogens with zero attached hydrogens (tertiary/aromatic N) is 1. The van der Waals surface area contributed by atoms with Crippen LogP contribution in [0.4, 0.5) is 0 Å². The van der Waals surface area contributed by atoms with Gasteiger partial charge in [0.25, 0.3) is 5.91 Å². The summed E-state index contributed by atoms with van der Waals surface area (Å²) in [6.45, 7) is 2.84. The summed E-state index contributed by atoms with van der Waals surface area (Å²) >= 11 is 3.38. The van der Waals surface area contributed by atoms with Crippen molar-refractivity contribution in [1.82, 2.24) is 15.6 Å². The van der Waals surface area contributed by atoms with Gasteiger partial charge in [-0.05, 0) is 62.2 Å². The highest BCUT2D eigenvalue weighted by Crippen LogP contribution is 2.21. The Balaban J connectivity index is 1.49. The summed E-state index contributed by atoms with van der Waals surface area (Å²) in [6, 6.07) is 10.9. The van der Waals surface area contributed by atoms with E-state index in [9.17, 15) is 4.79 Å². The van der Waals surface area contributed by atoms with Crippen molar-refractivity contribution in [1.29, 1.82) is 0 Å². The number of halogens is 1. The molecule has 1 unspecified atom stereocenters. The molecule has 0 bridgehead atoms. The molecular weight excluding hydrogens is 370 g/mol. The summed E-state index contributed by atoms with van der Waals surface area (Å²) in [5.74, 6) is 1.74. The molecule has 5 nitrogen and oxygen atoms in total. The van der Waals surface area contributed by atoms with E-state index in [1.54, 1.807) is 18.3 Å². The first-order valence-electron chi connectivity index (χ1n) is 8.09. The van der Waals surface area contributed by atoms with Crippen LogP contribution in [0.3, 0.4) is 0 Å².